The lowest BCUT2D eigenvalue weighted by molar-refractivity contribution is -0.119. The van der Waals surface area contributed by atoms with Crippen LogP contribution in [0.4, 0.5) is 5.69 Å². The van der Waals surface area contributed by atoms with Gasteiger partial charge in [0.2, 0.25) is 0 Å². The van der Waals surface area contributed by atoms with E-state index in [9.17, 15) is 9.59 Å². The Morgan fingerprint density at radius 1 is 0.839 bits per heavy atom. The van der Waals surface area contributed by atoms with Crippen molar-refractivity contribution in [2.24, 2.45) is 0 Å². The highest BCUT2D eigenvalue weighted by atomic mass is 32.2. The Labute approximate surface area is 186 Å². The van der Waals surface area contributed by atoms with Gasteiger partial charge in [-0.3, -0.25) is 9.59 Å². The molecular formula is C26H23NO3S. The fourth-order valence-corrected chi connectivity index (χ4v) is 4.40. The van der Waals surface area contributed by atoms with Gasteiger partial charge in [0.25, 0.3) is 11.8 Å². The number of hydrogen-bond acceptors (Lipinski definition) is 4. The third-order valence-corrected chi connectivity index (χ3v) is 6.00. The van der Waals surface area contributed by atoms with E-state index in [1.165, 1.54) is 16.7 Å². The minimum atomic E-state index is -0.333. The predicted molar refractivity (Wildman–Crippen MR) is 125 cm³/mol. The zero-order valence-electron chi connectivity index (χ0n) is 17.5. The first-order valence-electron chi connectivity index (χ1n) is 10.2. The predicted octanol–water partition coefficient (Wildman–Crippen LogP) is 5.86. The highest BCUT2D eigenvalue weighted by molar-refractivity contribution is 8.04. The van der Waals surface area contributed by atoms with Crippen molar-refractivity contribution in [1.29, 1.82) is 0 Å². The monoisotopic (exact) mass is 429 g/mol. The van der Waals surface area contributed by atoms with Gasteiger partial charge < -0.3 is 4.74 Å². The van der Waals surface area contributed by atoms with Crippen molar-refractivity contribution >= 4 is 34.8 Å². The molecule has 4 rings (SSSR count). The van der Waals surface area contributed by atoms with Crippen molar-refractivity contribution in [2.45, 2.75) is 25.2 Å². The van der Waals surface area contributed by atoms with Crippen molar-refractivity contribution in [3.8, 4) is 5.75 Å². The molecule has 156 valence electrons. The molecule has 4 nitrogen and oxygen atoms in total. The molecule has 5 heteroatoms. The van der Waals surface area contributed by atoms with Gasteiger partial charge in [-0.2, -0.15) is 0 Å². The fraction of sp³-hybridized carbons (Fsp3) is 0.154. The van der Waals surface area contributed by atoms with Crippen LogP contribution in [0.1, 0.15) is 24.5 Å². The van der Waals surface area contributed by atoms with Gasteiger partial charge in [0.05, 0.1) is 22.8 Å². The van der Waals surface area contributed by atoms with Gasteiger partial charge in [-0.15, -0.1) is 0 Å². The topological polar surface area (TPSA) is 46.6 Å². The van der Waals surface area contributed by atoms with E-state index in [0.717, 1.165) is 22.4 Å². The molecule has 1 aliphatic heterocycles. The number of amides is 2. The summed E-state index contributed by atoms with van der Waals surface area (Å²) in [5.41, 5.74) is 2.72. The number of ether oxygens (including phenoxy) is 1. The zero-order chi connectivity index (χ0) is 21.8. The number of carbonyl (C=O) groups is 2. The molecule has 0 spiro atoms. The molecule has 1 heterocycles. The lowest BCUT2D eigenvalue weighted by Gasteiger charge is -2.19. The zero-order valence-corrected chi connectivity index (χ0v) is 18.3. The normalized spacial score (nSPS) is 13.8. The average molecular weight is 430 g/mol. The van der Waals surface area contributed by atoms with Crippen molar-refractivity contribution in [1.82, 2.24) is 0 Å². The second-order valence-electron chi connectivity index (χ2n) is 7.25. The van der Waals surface area contributed by atoms with E-state index in [0.29, 0.717) is 28.5 Å². The Morgan fingerprint density at radius 2 is 1.52 bits per heavy atom. The number of benzene rings is 3. The molecule has 0 fully saturated rings. The number of imide groups is 1. The quantitative estimate of drug-likeness (QED) is 0.441. The molecule has 0 radical (unpaired) electrons. The van der Waals surface area contributed by atoms with Crippen LogP contribution in [-0.2, 0) is 9.59 Å². The van der Waals surface area contributed by atoms with Crippen molar-refractivity contribution < 1.29 is 14.3 Å². The number of para-hydroxylation sites is 2. The number of carbonyl (C=O) groups excluding carboxylic acids is 2. The van der Waals surface area contributed by atoms with Gasteiger partial charge in [0.15, 0.2) is 0 Å². The number of nitrogens with zero attached hydrogens (tertiary/aromatic N) is 1. The molecule has 3 aromatic rings. The van der Waals surface area contributed by atoms with E-state index in [1.54, 1.807) is 12.1 Å². The summed E-state index contributed by atoms with van der Waals surface area (Å²) in [5.74, 6) is -0.137. The van der Waals surface area contributed by atoms with E-state index < -0.39 is 0 Å². The van der Waals surface area contributed by atoms with E-state index >= 15 is 0 Å². The smallest absolute Gasteiger partial charge is 0.273 e. The van der Waals surface area contributed by atoms with Gasteiger partial charge in [-0.25, -0.2) is 4.90 Å². The number of anilines is 1. The minimum Gasteiger partial charge on any atom is -0.491 e. The fourth-order valence-electron chi connectivity index (χ4n) is 3.38. The molecule has 2 amide bonds. The van der Waals surface area contributed by atoms with Crippen LogP contribution >= 0.6 is 11.8 Å². The summed E-state index contributed by atoms with van der Waals surface area (Å²) in [6.45, 7) is 4.52. The second kappa shape index (κ2) is 9.23. The van der Waals surface area contributed by atoms with Crippen LogP contribution in [0.25, 0.3) is 5.57 Å². The molecule has 0 aromatic heterocycles. The third kappa shape index (κ3) is 4.28. The molecule has 0 bridgehead atoms. The van der Waals surface area contributed by atoms with Crippen LogP contribution in [0.2, 0.25) is 0 Å². The number of aryl methyl sites for hydroxylation is 1. The van der Waals surface area contributed by atoms with Gasteiger partial charge in [0.1, 0.15) is 5.75 Å². The molecule has 0 saturated carbocycles. The molecule has 0 unspecified atom stereocenters. The van der Waals surface area contributed by atoms with E-state index in [1.807, 2.05) is 80.6 Å². The van der Waals surface area contributed by atoms with E-state index in [2.05, 4.69) is 0 Å². The maximum Gasteiger partial charge on any atom is 0.273 e. The number of hydrogen-bond donors (Lipinski definition) is 0. The summed E-state index contributed by atoms with van der Waals surface area (Å²) in [4.78, 5) is 29.7. The molecule has 1 aliphatic rings. The highest BCUT2D eigenvalue weighted by Gasteiger charge is 2.41. The summed E-state index contributed by atoms with van der Waals surface area (Å²) in [5, 5.41) is 0. The van der Waals surface area contributed by atoms with Gasteiger partial charge in [-0.1, -0.05) is 78.8 Å². The summed E-state index contributed by atoms with van der Waals surface area (Å²) >= 11 is 1.32. The standard InChI is InChI=1S/C26H23NO3S/c1-3-17-30-22-12-8-7-11-21(22)27-25(28)23(19-15-13-18(2)14-16-19)24(26(27)29)31-20-9-5-4-6-10-20/h4-16H,3,17H2,1-2H3. The SMILES string of the molecule is CCCOc1ccccc1N1C(=O)C(Sc2ccccc2)=C(c2ccc(C)cc2)C1=O. The van der Waals surface area contributed by atoms with Crippen molar-refractivity contribution in [2.75, 3.05) is 11.5 Å². The van der Waals surface area contributed by atoms with Crippen molar-refractivity contribution in [3.63, 3.8) is 0 Å². The maximum atomic E-state index is 13.6. The first kappa shape index (κ1) is 20.9. The maximum absolute atomic E-state index is 13.6. The number of rotatable bonds is 7. The summed E-state index contributed by atoms with van der Waals surface area (Å²) in [6.07, 6.45) is 0.832. The Morgan fingerprint density at radius 3 is 2.23 bits per heavy atom. The Kier molecular flexibility index (Phi) is 6.23. The molecular weight excluding hydrogens is 406 g/mol. The lowest BCUT2D eigenvalue weighted by atomic mass is 10.0. The molecule has 0 saturated heterocycles. The van der Waals surface area contributed by atoms with Gasteiger partial charge in [0, 0.05) is 4.90 Å². The molecule has 31 heavy (non-hydrogen) atoms. The first-order chi connectivity index (χ1) is 15.1. The summed E-state index contributed by atoms with van der Waals surface area (Å²) < 4.78 is 5.83. The average Bonchev–Trinajstić information content (AvgIpc) is 3.03. The van der Waals surface area contributed by atoms with Crippen LogP contribution < -0.4 is 9.64 Å². The van der Waals surface area contributed by atoms with Gasteiger partial charge >= 0.3 is 0 Å². The summed E-state index contributed by atoms with van der Waals surface area (Å²) in [7, 11) is 0. The van der Waals surface area contributed by atoms with Crippen LogP contribution in [0.3, 0.4) is 0 Å². The van der Waals surface area contributed by atoms with Crippen LogP contribution in [-0.4, -0.2) is 18.4 Å². The summed E-state index contributed by atoms with van der Waals surface area (Å²) in [6, 6.07) is 24.5. The molecule has 3 aromatic carbocycles. The van der Waals surface area contributed by atoms with E-state index in [-0.39, 0.29) is 11.8 Å². The first-order valence-corrected chi connectivity index (χ1v) is 11.1. The number of thioether (sulfide) groups is 1. The third-order valence-electron chi connectivity index (χ3n) is 4.91. The van der Waals surface area contributed by atoms with Crippen molar-refractivity contribution in [3.05, 3.63) is 94.9 Å². The molecule has 0 atom stereocenters. The largest absolute Gasteiger partial charge is 0.491 e. The van der Waals surface area contributed by atoms with Crippen LogP contribution in [0.5, 0.6) is 5.75 Å². The Bertz CT molecular complexity index is 1140. The minimum absolute atomic E-state index is 0.332. The Hall–Kier alpha value is -3.31. The van der Waals surface area contributed by atoms with Crippen LogP contribution in [0.15, 0.2) is 88.7 Å². The Balaban J connectivity index is 1.80. The molecule has 0 aliphatic carbocycles. The van der Waals surface area contributed by atoms with E-state index in [4.69, 9.17) is 4.74 Å². The van der Waals surface area contributed by atoms with Gasteiger partial charge in [-0.05, 0) is 43.2 Å². The highest BCUT2D eigenvalue weighted by Crippen LogP contribution is 2.43. The lowest BCUT2D eigenvalue weighted by Crippen LogP contribution is -2.31. The van der Waals surface area contributed by atoms with Crippen LogP contribution in [0, 0.1) is 6.92 Å². The molecule has 0 N–H and O–H groups in total. The second-order valence-corrected chi connectivity index (χ2v) is 8.33.